The number of aromatic nitrogens is 3. The van der Waals surface area contributed by atoms with Crippen LogP contribution in [0.1, 0.15) is 22.7 Å². The van der Waals surface area contributed by atoms with E-state index in [9.17, 15) is 4.79 Å². The van der Waals surface area contributed by atoms with Crippen LogP contribution < -0.4 is 5.32 Å². The summed E-state index contributed by atoms with van der Waals surface area (Å²) in [6.45, 7) is 2.75. The molecule has 0 radical (unpaired) electrons. The van der Waals surface area contributed by atoms with Crippen LogP contribution in [-0.2, 0) is 17.8 Å². The molecule has 0 aliphatic carbocycles. The highest BCUT2D eigenvalue weighted by molar-refractivity contribution is 7.09. The summed E-state index contributed by atoms with van der Waals surface area (Å²) >= 11 is 1.71. The van der Waals surface area contributed by atoms with Gasteiger partial charge in [-0.3, -0.25) is 4.79 Å². The van der Waals surface area contributed by atoms with Gasteiger partial charge in [-0.05, 0) is 42.6 Å². The third kappa shape index (κ3) is 4.06. The van der Waals surface area contributed by atoms with Crippen LogP contribution in [0, 0.1) is 6.92 Å². The first-order valence-electron chi connectivity index (χ1n) is 8.88. The maximum atomic E-state index is 12.4. The van der Waals surface area contributed by atoms with E-state index in [1.807, 2.05) is 49.4 Å². The van der Waals surface area contributed by atoms with Crippen LogP contribution >= 0.6 is 11.3 Å². The molecule has 0 saturated heterocycles. The zero-order chi connectivity index (χ0) is 18.6. The van der Waals surface area contributed by atoms with E-state index in [2.05, 4.69) is 26.3 Å². The second-order valence-corrected chi connectivity index (χ2v) is 7.49. The number of benzene rings is 1. The summed E-state index contributed by atoms with van der Waals surface area (Å²) in [5, 5.41) is 5.01. The summed E-state index contributed by atoms with van der Waals surface area (Å²) in [5.41, 5.74) is 3.71. The summed E-state index contributed by atoms with van der Waals surface area (Å²) < 4.78 is 2.11. The average molecular weight is 376 g/mol. The van der Waals surface area contributed by atoms with Gasteiger partial charge in [0.2, 0.25) is 5.91 Å². The molecule has 0 fully saturated rings. The molecule has 0 unspecified atom stereocenters. The molecule has 3 aromatic heterocycles. The van der Waals surface area contributed by atoms with Crippen LogP contribution in [0.15, 0.2) is 60.1 Å². The lowest BCUT2D eigenvalue weighted by Crippen LogP contribution is -2.14. The van der Waals surface area contributed by atoms with Gasteiger partial charge in [-0.15, -0.1) is 11.3 Å². The predicted molar refractivity (Wildman–Crippen MR) is 109 cm³/mol. The molecule has 5 nitrogen and oxygen atoms in total. The Bertz CT molecular complexity index is 1050. The maximum absolute atomic E-state index is 12.4. The van der Waals surface area contributed by atoms with Gasteiger partial charge in [0.05, 0.1) is 6.54 Å². The van der Waals surface area contributed by atoms with Crippen LogP contribution in [0.3, 0.4) is 0 Å². The highest BCUT2D eigenvalue weighted by Gasteiger charge is 2.14. The number of hydrogen-bond acceptors (Lipinski definition) is 4. The van der Waals surface area contributed by atoms with E-state index in [1.165, 1.54) is 10.4 Å². The van der Waals surface area contributed by atoms with Gasteiger partial charge in [-0.25, -0.2) is 9.97 Å². The molecule has 27 heavy (non-hydrogen) atoms. The molecule has 0 aliphatic heterocycles. The fourth-order valence-corrected chi connectivity index (χ4v) is 3.70. The Kier molecular flexibility index (Phi) is 4.98. The number of nitrogens with zero attached hydrogens (tertiary/aromatic N) is 3. The smallest absolute Gasteiger partial charge is 0.224 e. The molecule has 0 spiro atoms. The molecule has 1 aromatic carbocycles. The van der Waals surface area contributed by atoms with Crippen molar-refractivity contribution in [1.29, 1.82) is 0 Å². The first-order valence-corrected chi connectivity index (χ1v) is 9.76. The van der Waals surface area contributed by atoms with Crippen molar-refractivity contribution in [3.63, 3.8) is 0 Å². The monoisotopic (exact) mass is 376 g/mol. The Morgan fingerprint density at radius 2 is 2.00 bits per heavy atom. The molecule has 1 N–H and O–H groups in total. The van der Waals surface area contributed by atoms with Crippen LogP contribution in [0.2, 0.25) is 0 Å². The largest absolute Gasteiger partial charge is 0.326 e. The van der Waals surface area contributed by atoms with E-state index in [-0.39, 0.29) is 5.91 Å². The van der Waals surface area contributed by atoms with Crippen molar-refractivity contribution < 1.29 is 4.79 Å². The fraction of sp³-hybridized carbons (Fsp3) is 0.190. The number of carbonyl (C=O) groups excluding carboxylic acids is 1. The number of imidazole rings is 1. The molecule has 3 heterocycles. The number of pyridine rings is 1. The van der Waals surface area contributed by atoms with Gasteiger partial charge in [0.15, 0.2) is 5.65 Å². The first kappa shape index (κ1) is 17.4. The minimum Gasteiger partial charge on any atom is -0.326 e. The second-order valence-electron chi connectivity index (χ2n) is 6.45. The standard InChI is InChI=1S/C21H20N4OS/c1-15-6-8-16(9-7-15)23-20(26)11-10-19-24-18-5-2-12-22-21(18)25(19)14-17-4-3-13-27-17/h2-9,12-13H,10-11,14H2,1H3,(H,23,26). The van der Waals surface area contributed by atoms with Crippen molar-refractivity contribution in [3.05, 3.63) is 76.4 Å². The van der Waals surface area contributed by atoms with Crippen molar-refractivity contribution in [2.24, 2.45) is 0 Å². The molecule has 0 bridgehead atoms. The molecule has 0 aliphatic rings. The number of aryl methyl sites for hydroxylation is 2. The number of amides is 1. The van der Waals surface area contributed by atoms with Crippen molar-refractivity contribution in [1.82, 2.24) is 14.5 Å². The lowest BCUT2D eigenvalue weighted by atomic mass is 10.2. The molecule has 4 rings (SSSR count). The maximum Gasteiger partial charge on any atom is 0.224 e. The number of fused-ring (bicyclic) bond motifs is 1. The van der Waals surface area contributed by atoms with Crippen molar-refractivity contribution in [3.8, 4) is 0 Å². The van der Waals surface area contributed by atoms with Gasteiger partial charge in [0, 0.05) is 29.6 Å². The third-order valence-corrected chi connectivity index (χ3v) is 5.25. The Morgan fingerprint density at radius 3 is 2.78 bits per heavy atom. The molecule has 0 atom stereocenters. The molecular weight excluding hydrogens is 356 g/mol. The van der Waals surface area contributed by atoms with Crippen LogP contribution in [0.25, 0.3) is 11.2 Å². The number of thiophene rings is 1. The van der Waals surface area contributed by atoms with Crippen LogP contribution in [0.5, 0.6) is 0 Å². The van der Waals surface area contributed by atoms with Gasteiger partial charge in [0.25, 0.3) is 0 Å². The Morgan fingerprint density at radius 1 is 1.15 bits per heavy atom. The predicted octanol–water partition coefficient (Wildman–Crippen LogP) is 4.42. The zero-order valence-corrected chi connectivity index (χ0v) is 15.9. The topological polar surface area (TPSA) is 59.8 Å². The normalized spacial score (nSPS) is 11.0. The van der Waals surface area contributed by atoms with E-state index in [4.69, 9.17) is 4.98 Å². The van der Waals surface area contributed by atoms with Gasteiger partial charge in [-0.1, -0.05) is 23.8 Å². The number of nitrogens with one attached hydrogen (secondary N) is 1. The lowest BCUT2D eigenvalue weighted by molar-refractivity contribution is -0.116. The Balaban J connectivity index is 1.51. The number of anilines is 1. The van der Waals surface area contributed by atoms with E-state index >= 15 is 0 Å². The average Bonchev–Trinajstić information content (AvgIpc) is 3.31. The van der Waals surface area contributed by atoms with Gasteiger partial charge in [-0.2, -0.15) is 0 Å². The van der Waals surface area contributed by atoms with E-state index in [0.29, 0.717) is 12.8 Å². The van der Waals surface area contributed by atoms with Crippen molar-refractivity contribution >= 4 is 34.1 Å². The van der Waals surface area contributed by atoms with Gasteiger partial charge in [0.1, 0.15) is 11.3 Å². The highest BCUT2D eigenvalue weighted by atomic mass is 32.1. The minimum absolute atomic E-state index is 0.0125. The number of rotatable bonds is 6. The summed E-state index contributed by atoms with van der Waals surface area (Å²) in [7, 11) is 0. The number of carbonyl (C=O) groups is 1. The summed E-state index contributed by atoms with van der Waals surface area (Å²) in [6, 6.07) is 15.8. The Labute approximate surface area is 161 Å². The van der Waals surface area contributed by atoms with Crippen LogP contribution in [-0.4, -0.2) is 20.4 Å². The third-order valence-electron chi connectivity index (χ3n) is 4.39. The van der Waals surface area contributed by atoms with Gasteiger partial charge >= 0.3 is 0 Å². The summed E-state index contributed by atoms with van der Waals surface area (Å²) in [4.78, 5) is 22.8. The molecule has 1 amide bonds. The van der Waals surface area contributed by atoms with E-state index < -0.39 is 0 Å². The molecule has 4 aromatic rings. The lowest BCUT2D eigenvalue weighted by Gasteiger charge is -2.08. The molecule has 136 valence electrons. The SMILES string of the molecule is Cc1ccc(NC(=O)CCc2nc3cccnc3n2Cc2cccs2)cc1. The Hall–Kier alpha value is -2.99. The first-order chi connectivity index (χ1) is 13.2. The highest BCUT2D eigenvalue weighted by Crippen LogP contribution is 2.19. The second kappa shape index (κ2) is 7.72. The van der Waals surface area contributed by atoms with Crippen LogP contribution in [0.4, 0.5) is 5.69 Å². The summed E-state index contributed by atoms with van der Waals surface area (Å²) in [5.74, 6) is 0.873. The molecule has 0 saturated carbocycles. The van der Waals surface area contributed by atoms with Gasteiger partial charge < -0.3 is 9.88 Å². The fourth-order valence-electron chi connectivity index (χ4n) is 3.01. The van der Waals surface area contributed by atoms with E-state index in [0.717, 1.165) is 29.2 Å². The van der Waals surface area contributed by atoms with E-state index in [1.54, 1.807) is 17.5 Å². The molecular formula is C21H20N4OS. The summed E-state index contributed by atoms with van der Waals surface area (Å²) in [6.07, 6.45) is 2.73. The molecule has 6 heteroatoms. The minimum atomic E-state index is -0.0125. The quantitative estimate of drug-likeness (QED) is 0.542. The zero-order valence-electron chi connectivity index (χ0n) is 15.1. The van der Waals surface area contributed by atoms with Crippen molar-refractivity contribution in [2.75, 3.05) is 5.32 Å². The number of hydrogen-bond donors (Lipinski definition) is 1. The van der Waals surface area contributed by atoms with Crippen molar-refractivity contribution in [2.45, 2.75) is 26.3 Å².